The molecule has 0 atom stereocenters. The summed E-state index contributed by atoms with van der Waals surface area (Å²) >= 11 is 3.54. The van der Waals surface area contributed by atoms with Gasteiger partial charge in [0.15, 0.2) is 0 Å². The number of benzene rings is 1. The van der Waals surface area contributed by atoms with Crippen LogP contribution in [0.4, 0.5) is 17.3 Å². The number of aromatic nitrogens is 2. The zero-order chi connectivity index (χ0) is 13.7. The van der Waals surface area contributed by atoms with E-state index >= 15 is 0 Å². The highest BCUT2D eigenvalue weighted by Gasteiger charge is 2.09. The van der Waals surface area contributed by atoms with Crippen molar-refractivity contribution in [1.29, 1.82) is 0 Å². The highest BCUT2D eigenvalue weighted by Crippen LogP contribution is 2.29. The second-order valence-electron chi connectivity index (χ2n) is 3.99. The maximum Gasteiger partial charge on any atom is 0.138 e. The van der Waals surface area contributed by atoms with Gasteiger partial charge in [0.2, 0.25) is 0 Å². The zero-order valence-electron chi connectivity index (χ0n) is 10.7. The summed E-state index contributed by atoms with van der Waals surface area (Å²) in [5, 5.41) is 3.14. The molecule has 0 aliphatic heterocycles. The van der Waals surface area contributed by atoms with Crippen LogP contribution < -0.4 is 16.0 Å². The fraction of sp³-hybridized carbons (Fsp3) is 0.231. The highest BCUT2D eigenvalue weighted by atomic mass is 79.9. The van der Waals surface area contributed by atoms with Crippen LogP contribution in [0.5, 0.6) is 0 Å². The molecule has 0 saturated heterocycles. The van der Waals surface area contributed by atoms with Crippen molar-refractivity contribution in [1.82, 2.24) is 9.97 Å². The SMILES string of the molecule is CN(c1cc(NCCN)ncn1)c1ccccc1Br. The number of nitrogens with one attached hydrogen (secondary N) is 1. The summed E-state index contributed by atoms with van der Waals surface area (Å²) in [6.07, 6.45) is 1.54. The number of hydrogen-bond donors (Lipinski definition) is 2. The van der Waals surface area contributed by atoms with Gasteiger partial charge in [0.1, 0.15) is 18.0 Å². The van der Waals surface area contributed by atoms with Gasteiger partial charge >= 0.3 is 0 Å². The summed E-state index contributed by atoms with van der Waals surface area (Å²) in [7, 11) is 1.97. The Hall–Kier alpha value is -1.66. The van der Waals surface area contributed by atoms with Crippen LogP contribution in [0.15, 0.2) is 41.1 Å². The average molecular weight is 322 g/mol. The third-order valence-corrected chi connectivity index (χ3v) is 3.33. The van der Waals surface area contributed by atoms with E-state index in [0.29, 0.717) is 13.1 Å². The first kappa shape index (κ1) is 13.8. The van der Waals surface area contributed by atoms with Crippen LogP contribution in [-0.2, 0) is 0 Å². The van der Waals surface area contributed by atoms with Gasteiger partial charge in [0.05, 0.1) is 5.69 Å². The van der Waals surface area contributed by atoms with Crippen molar-refractivity contribution in [3.8, 4) is 0 Å². The van der Waals surface area contributed by atoms with Crippen molar-refractivity contribution in [2.24, 2.45) is 5.73 Å². The summed E-state index contributed by atoms with van der Waals surface area (Å²) in [5.74, 6) is 1.59. The number of anilines is 3. The average Bonchev–Trinajstić information content (AvgIpc) is 2.45. The Balaban J connectivity index is 2.24. The molecule has 0 amide bonds. The van der Waals surface area contributed by atoms with Crippen LogP contribution in [0.3, 0.4) is 0 Å². The molecule has 0 aliphatic rings. The number of para-hydroxylation sites is 1. The molecule has 100 valence electrons. The van der Waals surface area contributed by atoms with E-state index in [1.165, 1.54) is 0 Å². The van der Waals surface area contributed by atoms with E-state index < -0.39 is 0 Å². The molecule has 3 N–H and O–H groups in total. The molecule has 1 aromatic carbocycles. The Morgan fingerprint density at radius 2 is 2.11 bits per heavy atom. The standard InChI is InChI=1S/C13H16BrN5/c1-19(11-5-3-2-4-10(11)14)13-8-12(16-7-6-15)17-9-18-13/h2-5,8-9H,6-7,15H2,1H3,(H,16,17,18). The topological polar surface area (TPSA) is 67.1 Å². The first-order valence-corrected chi connectivity index (χ1v) is 6.76. The van der Waals surface area contributed by atoms with E-state index in [4.69, 9.17) is 5.73 Å². The van der Waals surface area contributed by atoms with Crippen LogP contribution in [0.2, 0.25) is 0 Å². The van der Waals surface area contributed by atoms with Gasteiger partial charge in [-0.05, 0) is 28.1 Å². The molecule has 1 aromatic heterocycles. The Morgan fingerprint density at radius 1 is 1.32 bits per heavy atom. The van der Waals surface area contributed by atoms with E-state index in [1.807, 2.05) is 42.3 Å². The van der Waals surface area contributed by atoms with Crippen molar-refractivity contribution in [3.05, 3.63) is 41.1 Å². The van der Waals surface area contributed by atoms with Crippen LogP contribution in [0.25, 0.3) is 0 Å². The second kappa shape index (κ2) is 6.49. The minimum Gasteiger partial charge on any atom is -0.369 e. The molecule has 2 aromatic rings. The molecule has 0 saturated carbocycles. The van der Waals surface area contributed by atoms with Crippen molar-refractivity contribution >= 4 is 33.3 Å². The monoisotopic (exact) mass is 321 g/mol. The zero-order valence-corrected chi connectivity index (χ0v) is 12.3. The molecular formula is C13H16BrN5. The predicted octanol–water partition coefficient (Wildman–Crippen LogP) is 2.38. The summed E-state index contributed by atoms with van der Waals surface area (Å²) in [5.41, 5.74) is 6.51. The highest BCUT2D eigenvalue weighted by molar-refractivity contribution is 9.10. The number of nitrogens with two attached hydrogens (primary N) is 1. The molecule has 6 heteroatoms. The molecule has 19 heavy (non-hydrogen) atoms. The Morgan fingerprint density at radius 3 is 2.84 bits per heavy atom. The quantitative estimate of drug-likeness (QED) is 0.885. The maximum absolute atomic E-state index is 5.46. The van der Waals surface area contributed by atoms with E-state index in [2.05, 4.69) is 31.2 Å². The molecular weight excluding hydrogens is 306 g/mol. The molecule has 0 bridgehead atoms. The lowest BCUT2D eigenvalue weighted by Gasteiger charge is -2.20. The fourth-order valence-corrected chi connectivity index (χ4v) is 2.23. The lowest BCUT2D eigenvalue weighted by atomic mass is 10.3. The fourth-order valence-electron chi connectivity index (χ4n) is 1.67. The van der Waals surface area contributed by atoms with Gasteiger partial charge in [-0.15, -0.1) is 0 Å². The van der Waals surface area contributed by atoms with Crippen molar-refractivity contribution < 1.29 is 0 Å². The molecule has 0 radical (unpaired) electrons. The third kappa shape index (κ3) is 3.42. The first-order valence-electron chi connectivity index (χ1n) is 5.96. The Labute approximate surface area is 121 Å². The van der Waals surface area contributed by atoms with Crippen molar-refractivity contribution in [3.63, 3.8) is 0 Å². The predicted molar refractivity (Wildman–Crippen MR) is 81.8 cm³/mol. The van der Waals surface area contributed by atoms with Gasteiger partial charge in [0.25, 0.3) is 0 Å². The van der Waals surface area contributed by atoms with E-state index in [0.717, 1.165) is 21.8 Å². The lowest BCUT2D eigenvalue weighted by Crippen LogP contribution is -2.16. The second-order valence-corrected chi connectivity index (χ2v) is 4.84. The summed E-state index contributed by atoms with van der Waals surface area (Å²) < 4.78 is 1.02. The minimum atomic E-state index is 0.569. The summed E-state index contributed by atoms with van der Waals surface area (Å²) in [4.78, 5) is 10.4. The number of rotatable bonds is 5. The molecule has 0 aliphatic carbocycles. The smallest absolute Gasteiger partial charge is 0.138 e. The Bertz CT molecular complexity index is 546. The molecule has 0 spiro atoms. The van der Waals surface area contributed by atoms with Crippen LogP contribution in [0, 0.1) is 0 Å². The third-order valence-electron chi connectivity index (χ3n) is 2.66. The molecule has 0 fully saturated rings. The normalized spacial score (nSPS) is 10.3. The van der Waals surface area contributed by atoms with Crippen molar-refractivity contribution in [2.45, 2.75) is 0 Å². The van der Waals surface area contributed by atoms with Gasteiger partial charge in [-0.25, -0.2) is 9.97 Å². The van der Waals surface area contributed by atoms with E-state index in [1.54, 1.807) is 6.33 Å². The van der Waals surface area contributed by atoms with Crippen LogP contribution >= 0.6 is 15.9 Å². The van der Waals surface area contributed by atoms with E-state index in [-0.39, 0.29) is 0 Å². The van der Waals surface area contributed by atoms with Crippen LogP contribution in [0.1, 0.15) is 0 Å². The number of nitrogens with zero attached hydrogens (tertiary/aromatic N) is 3. The maximum atomic E-state index is 5.46. The number of halogens is 1. The Kier molecular flexibility index (Phi) is 4.70. The van der Waals surface area contributed by atoms with Crippen molar-refractivity contribution in [2.75, 3.05) is 30.4 Å². The van der Waals surface area contributed by atoms with Crippen LogP contribution in [-0.4, -0.2) is 30.1 Å². The van der Waals surface area contributed by atoms with Gasteiger partial charge in [0, 0.05) is 30.7 Å². The van der Waals surface area contributed by atoms with Gasteiger partial charge < -0.3 is 16.0 Å². The summed E-state index contributed by atoms with van der Waals surface area (Å²) in [6, 6.07) is 9.90. The van der Waals surface area contributed by atoms with Gasteiger partial charge in [-0.2, -0.15) is 0 Å². The largest absolute Gasteiger partial charge is 0.369 e. The number of hydrogen-bond acceptors (Lipinski definition) is 5. The van der Waals surface area contributed by atoms with Gasteiger partial charge in [-0.3, -0.25) is 0 Å². The van der Waals surface area contributed by atoms with E-state index in [9.17, 15) is 0 Å². The molecule has 1 heterocycles. The summed E-state index contributed by atoms with van der Waals surface area (Å²) in [6.45, 7) is 1.26. The molecule has 0 unspecified atom stereocenters. The minimum absolute atomic E-state index is 0.569. The van der Waals surface area contributed by atoms with Gasteiger partial charge in [-0.1, -0.05) is 12.1 Å². The molecule has 2 rings (SSSR count). The molecule has 5 nitrogen and oxygen atoms in total. The first-order chi connectivity index (χ1) is 9.22. The lowest BCUT2D eigenvalue weighted by molar-refractivity contribution is 0.998.